The van der Waals surface area contributed by atoms with Crippen LogP contribution in [-0.4, -0.2) is 47.7 Å². The summed E-state index contributed by atoms with van der Waals surface area (Å²) in [4.78, 5) is 51.6. The fourth-order valence-corrected chi connectivity index (χ4v) is 5.85. The third-order valence-corrected chi connectivity index (χ3v) is 8.14. The summed E-state index contributed by atoms with van der Waals surface area (Å²) in [6, 6.07) is 15.2. The van der Waals surface area contributed by atoms with Gasteiger partial charge in [-0.05, 0) is 108 Å². The molecule has 3 aromatic rings. The maximum atomic E-state index is 13.1. The molecule has 0 atom stereocenters. The summed E-state index contributed by atoms with van der Waals surface area (Å²) < 4.78 is 17.6. The lowest BCUT2D eigenvalue weighted by Crippen LogP contribution is -2.36. The molecule has 9 nitrogen and oxygen atoms in total. The van der Waals surface area contributed by atoms with Gasteiger partial charge in [-0.2, -0.15) is 0 Å². The molecule has 1 aliphatic rings. The molecule has 0 radical (unpaired) electrons. The topological polar surface area (TPSA) is 111 Å². The van der Waals surface area contributed by atoms with Crippen LogP contribution in [0.3, 0.4) is 0 Å². The summed E-state index contributed by atoms with van der Waals surface area (Å²) in [5.41, 5.74) is 1.89. The zero-order valence-electron chi connectivity index (χ0n) is 22.9. The number of anilines is 1. The number of rotatable bonds is 11. The molecule has 224 valence electrons. The van der Waals surface area contributed by atoms with Crippen LogP contribution >= 0.6 is 57.6 Å². The van der Waals surface area contributed by atoms with Crippen LogP contribution < -0.4 is 14.8 Å². The van der Waals surface area contributed by atoms with Crippen LogP contribution in [0.25, 0.3) is 6.08 Å². The van der Waals surface area contributed by atoms with Crippen molar-refractivity contribution in [2.75, 3.05) is 25.1 Å². The van der Waals surface area contributed by atoms with E-state index >= 15 is 0 Å². The second-order valence-electron chi connectivity index (χ2n) is 8.91. The number of hydrogen-bond donors (Lipinski definition) is 1. The van der Waals surface area contributed by atoms with E-state index in [2.05, 4.69) is 27.9 Å². The van der Waals surface area contributed by atoms with E-state index in [4.69, 9.17) is 37.4 Å². The third kappa shape index (κ3) is 8.43. The van der Waals surface area contributed by atoms with Crippen LogP contribution in [0.4, 0.5) is 10.5 Å². The number of benzene rings is 3. The Bertz CT molecular complexity index is 1600. The molecule has 0 spiro atoms. The Morgan fingerprint density at radius 1 is 1.00 bits per heavy atom. The smallest absolute Gasteiger partial charge is 0.339 e. The first-order chi connectivity index (χ1) is 20.6. The summed E-state index contributed by atoms with van der Waals surface area (Å²) in [6.07, 6.45) is 1.57. The first-order valence-corrected chi connectivity index (χ1v) is 15.6. The highest BCUT2D eigenvalue weighted by atomic mass is 127. The third-order valence-electron chi connectivity index (χ3n) is 5.85. The van der Waals surface area contributed by atoms with Crippen molar-refractivity contribution < 1.29 is 33.4 Å². The molecule has 0 saturated carbocycles. The number of esters is 1. The van der Waals surface area contributed by atoms with Crippen molar-refractivity contribution in [2.24, 2.45) is 0 Å². The van der Waals surface area contributed by atoms with Gasteiger partial charge < -0.3 is 19.5 Å². The molecule has 1 heterocycles. The number of nitrogens with one attached hydrogen (secondary N) is 1. The molecule has 3 aromatic carbocycles. The Labute approximate surface area is 276 Å². The van der Waals surface area contributed by atoms with Gasteiger partial charge in [-0.1, -0.05) is 35.3 Å². The standard InChI is InChI=1S/C30H25Cl2IN2O7S/c1-3-40-24-12-18(11-23(33)27(24)42-16-17-5-7-19(31)8-6-17)13-25-28(37)35(30(39)43-25)15-26(36)34-20-9-10-22(32)21(14-20)29(38)41-4-2/h5-14H,3-4,15-16H2,1-2H3,(H,34,36)/b25-13+. The fourth-order valence-electron chi connectivity index (χ4n) is 3.91. The van der Waals surface area contributed by atoms with Crippen molar-refractivity contribution in [1.82, 2.24) is 4.90 Å². The minimum atomic E-state index is -0.636. The molecule has 1 fully saturated rings. The summed E-state index contributed by atoms with van der Waals surface area (Å²) in [5.74, 6) is -0.838. The van der Waals surface area contributed by atoms with E-state index in [1.165, 1.54) is 18.2 Å². The summed E-state index contributed by atoms with van der Waals surface area (Å²) in [5, 5.41) is 2.79. The van der Waals surface area contributed by atoms with Gasteiger partial charge in [0.1, 0.15) is 13.2 Å². The van der Waals surface area contributed by atoms with E-state index in [-0.39, 0.29) is 27.8 Å². The number of imide groups is 1. The molecule has 0 bridgehead atoms. The van der Waals surface area contributed by atoms with E-state index < -0.39 is 29.6 Å². The molecular weight excluding hydrogens is 730 g/mol. The second-order valence-corrected chi connectivity index (χ2v) is 11.9. The van der Waals surface area contributed by atoms with Gasteiger partial charge in [-0.25, -0.2) is 4.79 Å². The van der Waals surface area contributed by atoms with Gasteiger partial charge in [-0.15, -0.1) is 0 Å². The molecule has 43 heavy (non-hydrogen) atoms. The van der Waals surface area contributed by atoms with Crippen molar-refractivity contribution >= 4 is 92.3 Å². The monoisotopic (exact) mass is 754 g/mol. The van der Waals surface area contributed by atoms with Crippen LogP contribution in [0, 0.1) is 3.57 Å². The van der Waals surface area contributed by atoms with Crippen molar-refractivity contribution in [3.05, 3.63) is 89.8 Å². The molecule has 0 aliphatic carbocycles. The summed E-state index contributed by atoms with van der Waals surface area (Å²) in [6.45, 7) is 3.84. The number of nitrogens with zero attached hydrogens (tertiary/aromatic N) is 1. The van der Waals surface area contributed by atoms with Gasteiger partial charge in [-0.3, -0.25) is 19.3 Å². The minimum Gasteiger partial charge on any atom is -0.490 e. The van der Waals surface area contributed by atoms with Crippen LogP contribution in [0.5, 0.6) is 11.5 Å². The number of hydrogen-bond acceptors (Lipinski definition) is 8. The Hall–Kier alpha value is -3.26. The molecular formula is C30H25Cl2IN2O7S. The predicted molar refractivity (Wildman–Crippen MR) is 175 cm³/mol. The van der Waals surface area contributed by atoms with E-state index in [1.54, 1.807) is 31.2 Å². The van der Waals surface area contributed by atoms with E-state index in [0.29, 0.717) is 35.3 Å². The quantitative estimate of drug-likeness (QED) is 0.122. The van der Waals surface area contributed by atoms with E-state index in [0.717, 1.165) is 25.8 Å². The highest BCUT2D eigenvalue weighted by molar-refractivity contribution is 14.1. The van der Waals surface area contributed by atoms with Crippen LogP contribution in [-0.2, 0) is 20.9 Å². The number of ether oxygens (including phenoxy) is 3. The van der Waals surface area contributed by atoms with Gasteiger partial charge >= 0.3 is 5.97 Å². The van der Waals surface area contributed by atoms with Crippen LogP contribution in [0.1, 0.15) is 35.3 Å². The maximum Gasteiger partial charge on any atom is 0.339 e. The largest absolute Gasteiger partial charge is 0.490 e. The van der Waals surface area contributed by atoms with E-state index in [9.17, 15) is 19.2 Å². The fraction of sp³-hybridized carbons (Fsp3) is 0.200. The maximum absolute atomic E-state index is 13.1. The second kappa shape index (κ2) is 15.0. The highest BCUT2D eigenvalue weighted by Crippen LogP contribution is 2.38. The molecule has 4 rings (SSSR count). The van der Waals surface area contributed by atoms with E-state index in [1.807, 2.05) is 25.1 Å². The van der Waals surface area contributed by atoms with Crippen molar-refractivity contribution in [3.8, 4) is 11.5 Å². The van der Waals surface area contributed by atoms with Gasteiger partial charge in [0, 0.05) is 10.7 Å². The first-order valence-electron chi connectivity index (χ1n) is 12.9. The molecule has 0 aromatic heterocycles. The van der Waals surface area contributed by atoms with Crippen molar-refractivity contribution in [3.63, 3.8) is 0 Å². The van der Waals surface area contributed by atoms with Crippen LogP contribution in [0.15, 0.2) is 59.5 Å². The normalized spacial score (nSPS) is 13.8. The average Bonchev–Trinajstić information content (AvgIpc) is 3.22. The Morgan fingerprint density at radius 2 is 1.74 bits per heavy atom. The Kier molecular flexibility index (Phi) is 11.4. The van der Waals surface area contributed by atoms with Gasteiger partial charge in [0.05, 0.1) is 32.3 Å². The molecule has 1 saturated heterocycles. The lowest BCUT2D eigenvalue weighted by Gasteiger charge is -2.15. The summed E-state index contributed by atoms with van der Waals surface area (Å²) in [7, 11) is 0. The number of halogens is 3. The van der Waals surface area contributed by atoms with Crippen molar-refractivity contribution in [2.45, 2.75) is 20.5 Å². The SMILES string of the molecule is CCOC(=O)c1cc(NC(=O)CN2C(=O)S/C(=C/c3cc(I)c(OCc4ccc(Cl)cc4)c(OCC)c3)C2=O)ccc1Cl. The minimum absolute atomic E-state index is 0.0814. The predicted octanol–water partition coefficient (Wildman–Crippen LogP) is 7.43. The Balaban J connectivity index is 1.46. The van der Waals surface area contributed by atoms with Gasteiger partial charge in [0.25, 0.3) is 11.1 Å². The number of carbonyl (C=O) groups is 4. The zero-order chi connectivity index (χ0) is 31.1. The highest BCUT2D eigenvalue weighted by Gasteiger charge is 2.36. The number of carbonyl (C=O) groups excluding carboxylic acids is 4. The van der Waals surface area contributed by atoms with Crippen molar-refractivity contribution in [1.29, 1.82) is 0 Å². The number of amides is 3. The molecule has 13 heteroatoms. The van der Waals surface area contributed by atoms with Gasteiger partial charge in [0.15, 0.2) is 11.5 Å². The van der Waals surface area contributed by atoms with Crippen LogP contribution in [0.2, 0.25) is 10.0 Å². The zero-order valence-corrected chi connectivity index (χ0v) is 27.4. The first kappa shape index (κ1) is 32.6. The van der Waals surface area contributed by atoms with Gasteiger partial charge in [0.2, 0.25) is 5.91 Å². The lowest BCUT2D eigenvalue weighted by molar-refractivity contribution is -0.127. The molecule has 0 unspecified atom stereocenters. The lowest BCUT2D eigenvalue weighted by atomic mass is 10.1. The molecule has 3 amide bonds. The molecule has 1 N–H and O–H groups in total. The number of thioether (sulfide) groups is 1. The average molecular weight is 755 g/mol. The summed E-state index contributed by atoms with van der Waals surface area (Å²) >= 11 is 14.9. The molecule has 1 aliphatic heterocycles. The Morgan fingerprint density at radius 3 is 2.44 bits per heavy atom.